The van der Waals surface area contributed by atoms with Gasteiger partial charge in [-0.3, -0.25) is 9.69 Å². The van der Waals surface area contributed by atoms with Gasteiger partial charge in [0, 0.05) is 41.6 Å². The molecule has 1 amide bonds. The molecule has 2 atom stereocenters. The van der Waals surface area contributed by atoms with Crippen molar-refractivity contribution in [3.05, 3.63) is 35.2 Å². The average Bonchev–Trinajstić information content (AvgIpc) is 3.21. The Balaban J connectivity index is 1.07. The van der Waals surface area contributed by atoms with Crippen molar-refractivity contribution in [1.29, 1.82) is 0 Å². The van der Waals surface area contributed by atoms with E-state index >= 15 is 0 Å². The number of hydrogen-bond donors (Lipinski definition) is 0. The minimum absolute atomic E-state index is 0.124. The molecule has 1 saturated heterocycles. The number of piperazine rings is 1. The topological polar surface area (TPSA) is 62.5 Å². The second-order valence-electron chi connectivity index (χ2n) is 10.5. The van der Waals surface area contributed by atoms with Crippen molar-refractivity contribution in [2.24, 2.45) is 17.3 Å². The summed E-state index contributed by atoms with van der Waals surface area (Å²) in [5, 5.41) is 4.78. The third-order valence-electron chi connectivity index (χ3n) is 8.03. The highest BCUT2D eigenvalue weighted by molar-refractivity contribution is 6.30. The molecule has 2 heterocycles. The van der Waals surface area contributed by atoms with Crippen LogP contribution in [0.1, 0.15) is 44.4 Å². The Morgan fingerprint density at radius 1 is 1.06 bits per heavy atom. The van der Waals surface area contributed by atoms with E-state index in [2.05, 4.69) is 19.9 Å². The number of hydrogen-bond acceptors (Lipinski definition) is 5. The van der Waals surface area contributed by atoms with Crippen LogP contribution in [0.3, 0.4) is 0 Å². The van der Waals surface area contributed by atoms with Gasteiger partial charge >= 0.3 is 0 Å². The predicted octanol–water partition coefficient (Wildman–Crippen LogP) is 4.61. The smallest absolute Gasteiger partial charge is 0.241 e. The van der Waals surface area contributed by atoms with Gasteiger partial charge < -0.3 is 9.42 Å². The third kappa shape index (κ3) is 3.74. The van der Waals surface area contributed by atoms with Crippen LogP contribution in [0.15, 0.2) is 28.8 Å². The summed E-state index contributed by atoms with van der Waals surface area (Å²) in [5.41, 5.74) is 0.681. The van der Waals surface area contributed by atoms with Crippen molar-refractivity contribution >= 4 is 29.1 Å². The molecule has 4 aliphatic carbocycles. The molecule has 32 heavy (non-hydrogen) atoms. The number of rotatable bonds is 4. The van der Waals surface area contributed by atoms with Crippen molar-refractivity contribution < 1.29 is 9.32 Å². The molecule has 0 N–H and O–H groups in total. The number of aromatic nitrogens is 2. The summed E-state index contributed by atoms with van der Waals surface area (Å²) in [6.07, 6.45) is 6.47. The SMILES string of the molecule is O=C(N1CCN(Cc2nc(-c3ccc(Cl)cc3)no2)CC1)C12C[C@H]3C[C@@H](CC(Cl)(C3)C1)C2. The second-order valence-corrected chi connectivity index (χ2v) is 11.7. The lowest BCUT2D eigenvalue weighted by Crippen LogP contribution is -2.61. The molecule has 1 aromatic carbocycles. The molecule has 1 aromatic heterocycles. The Bertz CT molecular complexity index is 1000. The second kappa shape index (κ2) is 7.71. The van der Waals surface area contributed by atoms with Crippen molar-refractivity contribution in [1.82, 2.24) is 19.9 Å². The Hall–Kier alpha value is -1.63. The number of nitrogens with zero attached hydrogens (tertiary/aromatic N) is 4. The van der Waals surface area contributed by atoms with Crippen LogP contribution in [0.5, 0.6) is 0 Å². The number of carbonyl (C=O) groups excluding carboxylic acids is 1. The van der Waals surface area contributed by atoms with Gasteiger partial charge in [0.25, 0.3) is 0 Å². The van der Waals surface area contributed by atoms with E-state index in [9.17, 15) is 4.79 Å². The maximum atomic E-state index is 13.6. The van der Waals surface area contributed by atoms with Gasteiger partial charge in [-0.2, -0.15) is 4.98 Å². The first-order valence-corrected chi connectivity index (χ1v) is 12.4. The lowest BCUT2D eigenvalue weighted by molar-refractivity contribution is -0.158. The Morgan fingerprint density at radius 3 is 2.41 bits per heavy atom. The molecule has 0 unspecified atom stereocenters. The van der Waals surface area contributed by atoms with E-state index < -0.39 is 0 Å². The zero-order chi connectivity index (χ0) is 21.9. The zero-order valence-corrected chi connectivity index (χ0v) is 19.6. The van der Waals surface area contributed by atoms with Gasteiger partial charge in [-0.15, -0.1) is 11.6 Å². The third-order valence-corrected chi connectivity index (χ3v) is 8.73. The largest absolute Gasteiger partial charge is 0.340 e. The first kappa shape index (κ1) is 20.9. The summed E-state index contributed by atoms with van der Waals surface area (Å²) in [5.74, 6) is 2.82. The van der Waals surface area contributed by atoms with E-state index in [4.69, 9.17) is 27.7 Å². The van der Waals surface area contributed by atoms with Crippen LogP contribution in [0, 0.1) is 17.3 Å². The molecule has 5 aliphatic rings. The number of benzene rings is 1. The fourth-order valence-electron chi connectivity index (χ4n) is 7.07. The number of carbonyl (C=O) groups is 1. The molecular weight excluding hydrogens is 447 g/mol. The average molecular weight is 475 g/mol. The molecule has 2 aromatic rings. The normalized spacial score (nSPS) is 34.2. The van der Waals surface area contributed by atoms with Gasteiger partial charge in [-0.1, -0.05) is 16.8 Å². The van der Waals surface area contributed by atoms with Crippen LogP contribution in [-0.2, 0) is 11.3 Å². The van der Waals surface area contributed by atoms with Crippen molar-refractivity contribution in [2.45, 2.75) is 49.9 Å². The van der Waals surface area contributed by atoms with Gasteiger partial charge in [-0.05, 0) is 74.6 Å². The summed E-state index contributed by atoms with van der Waals surface area (Å²) in [4.78, 5) is 22.4. The molecule has 0 radical (unpaired) electrons. The quantitative estimate of drug-likeness (QED) is 0.605. The van der Waals surface area contributed by atoms with Crippen molar-refractivity contribution in [3.8, 4) is 11.4 Å². The first-order valence-electron chi connectivity index (χ1n) is 11.7. The highest BCUT2D eigenvalue weighted by Gasteiger charge is 2.60. The molecule has 5 fully saturated rings. The standard InChI is InChI=1S/C24H28Cl2N4O2/c25-19-3-1-18(2-4-19)21-27-20(32-28-21)14-29-5-7-30(8-6-29)22(31)23-10-16-9-17(11-23)13-24(26,12-16)15-23/h1-4,16-17H,5-15H2/t16-,17-,23?,24?/m1/s1. The minimum atomic E-state index is -0.200. The van der Waals surface area contributed by atoms with E-state index in [0.29, 0.717) is 41.0 Å². The summed E-state index contributed by atoms with van der Waals surface area (Å²) < 4.78 is 5.47. The van der Waals surface area contributed by atoms with Gasteiger partial charge in [0.15, 0.2) is 0 Å². The van der Waals surface area contributed by atoms with E-state index in [1.807, 2.05) is 24.3 Å². The minimum Gasteiger partial charge on any atom is -0.340 e. The number of alkyl halides is 1. The maximum absolute atomic E-state index is 13.6. The Labute approximate surface area is 198 Å². The predicted molar refractivity (Wildman–Crippen MR) is 122 cm³/mol. The number of amides is 1. The van der Waals surface area contributed by atoms with Crippen molar-refractivity contribution in [3.63, 3.8) is 0 Å². The lowest BCUT2D eigenvalue weighted by Gasteiger charge is -2.60. The van der Waals surface area contributed by atoms with Crippen LogP contribution < -0.4 is 0 Å². The summed E-state index contributed by atoms with van der Waals surface area (Å²) in [6.45, 7) is 3.74. The molecule has 1 aliphatic heterocycles. The van der Waals surface area contributed by atoms with Crippen LogP contribution in [0.2, 0.25) is 5.02 Å². The summed E-state index contributed by atoms with van der Waals surface area (Å²) in [7, 11) is 0. The van der Waals surface area contributed by atoms with Gasteiger partial charge in [0.1, 0.15) is 0 Å². The summed E-state index contributed by atoms with van der Waals surface area (Å²) in [6, 6.07) is 7.41. The fourth-order valence-corrected chi connectivity index (χ4v) is 7.89. The van der Waals surface area contributed by atoms with E-state index in [1.165, 1.54) is 6.42 Å². The highest BCUT2D eigenvalue weighted by atomic mass is 35.5. The molecule has 4 bridgehead atoms. The highest BCUT2D eigenvalue weighted by Crippen LogP contribution is 2.64. The maximum Gasteiger partial charge on any atom is 0.241 e. The first-order chi connectivity index (χ1) is 15.4. The molecule has 0 spiro atoms. The zero-order valence-electron chi connectivity index (χ0n) is 18.1. The van der Waals surface area contributed by atoms with Crippen LogP contribution in [-0.4, -0.2) is 56.9 Å². The van der Waals surface area contributed by atoms with Gasteiger partial charge in [0.05, 0.1) is 12.0 Å². The van der Waals surface area contributed by atoms with E-state index in [-0.39, 0.29) is 10.3 Å². The molecule has 170 valence electrons. The monoisotopic (exact) mass is 474 g/mol. The molecule has 7 rings (SSSR count). The van der Waals surface area contributed by atoms with Gasteiger partial charge in [-0.25, -0.2) is 0 Å². The van der Waals surface area contributed by atoms with Crippen molar-refractivity contribution in [2.75, 3.05) is 26.2 Å². The Morgan fingerprint density at radius 2 is 1.75 bits per heavy atom. The number of halogens is 2. The molecule has 4 saturated carbocycles. The fraction of sp³-hybridized carbons (Fsp3) is 0.625. The molecule has 8 heteroatoms. The van der Waals surface area contributed by atoms with Crippen LogP contribution >= 0.6 is 23.2 Å². The van der Waals surface area contributed by atoms with E-state index in [1.54, 1.807) is 0 Å². The van der Waals surface area contributed by atoms with Gasteiger partial charge in [0.2, 0.25) is 17.6 Å². The van der Waals surface area contributed by atoms with E-state index in [0.717, 1.165) is 63.8 Å². The lowest BCUT2D eigenvalue weighted by atomic mass is 9.49. The molecular formula is C24H28Cl2N4O2. The summed E-state index contributed by atoms with van der Waals surface area (Å²) >= 11 is 12.9. The van der Waals surface area contributed by atoms with Crippen LogP contribution in [0.25, 0.3) is 11.4 Å². The van der Waals surface area contributed by atoms with Crippen LogP contribution in [0.4, 0.5) is 0 Å². The molecule has 6 nitrogen and oxygen atoms in total. The Kier molecular flexibility index (Phi) is 5.05.